The molecule has 3 rings (SSSR count). The van der Waals surface area contributed by atoms with Gasteiger partial charge in [0, 0.05) is 23.7 Å². The van der Waals surface area contributed by atoms with Crippen LogP contribution in [0, 0.1) is 13.8 Å². The Hall–Kier alpha value is -3.32. The molecule has 0 unspecified atom stereocenters. The minimum absolute atomic E-state index is 0.105. The Morgan fingerprint density at radius 1 is 1.06 bits per heavy atom. The summed E-state index contributed by atoms with van der Waals surface area (Å²) in [6.45, 7) is 12.2. The first kappa shape index (κ1) is 25.3. The number of hydrogen-bond donors (Lipinski definition) is 2. The fourth-order valence-electron chi connectivity index (χ4n) is 3.47. The van der Waals surface area contributed by atoms with Crippen LogP contribution in [0.25, 0.3) is 5.69 Å². The van der Waals surface area contributed by atoms with Crippen molar-refractivity contribution in [3.05, 3.63) is 70.4 Å². The summed E-state index contributed by atoms with van der Waals surface area (Å²) >= 11 is 6.40. The number of aromatic nitrogens is 2. The standard InChI is InChI=1S/C26H32ClN5O2/c1-7-31(25(34)28-20-13-12-17(2)14-18(20)3)16-24(33)29-23-15-22(26(4,5)6)30-32(23)21-11-9-8-10-19(21)27/h8-15H,7,16H2,1-6H3,(H,28,34)(H,29,33). The van der Waals surface area contributed by atoms with Gasteiger partial charge in [0.2, 0.25) is 5.91 Å². The minimum atomic E-state index is -0.334. The molecule has 0 saturated heterocycles. The van der Waals surface area contributed by atoms with Crippen molar-refractivity contribution in [2.45, 2.75) is 47.0 Å². The maximum absolute atomic E-state index is 13.0. The lowest BCUT2D eigenvalue weighted by atomic mass is 9.92. The van der Waals surface area contributed by atoms with Gasteiger partial charge in [-0.1, -0.05) is 62.2 Å². The number of hydrogen-bond acceptors (Lipinski definition) is 3. The quantitative estimate of drug-likeness (QED) is 0.457. The number of halogens is 1. The molecule has 2 aromatic carbocycles. The Kier molecular flexibility index (Phi) is 7.67. The predicted octanol–water partition coefficient (Wildman–Crippen LogP) is 5.93. The normalized spacial score (nSPS) is 11.3. The van der Waals surface area contributed by atoms with Gasteiger partial charge >= 0.3 is 6.03 Å². The van der Waals surface area contributed by atoms with Gasteiger partial charge in [-0.05, 0) is 44.5 Å². The lowest BCUT2D eigenvalue weighted by molar-refractivity contribution is -0.116. The molecule has 1 heterocycles. The van der Waals surface area contributed by atoms with Crippen LogP contribution in [0.2, 0.25) is 5.02 Å². The molecule has 1 aromatic heterocycles. The highest BCUT2D eigenvalue weighted by atomic mass is 35.5. The first-order chi connectivity index (χ1) is 16.0. The van der Waals surface area contributed by atoms with E-state index in [1.54, 1.807) is 10.7 Å². The summed E-state index contributed by atoms with van der Waals surface area (Å²) in [5.74, 6) is 0.167. The molecule has 180 valence electrons. The Labute approximate surface area is 206 Å². The fourth-order valence-corrected chi connectivity index (χ4v) is 3.69. The molecule has 34 heavy (non-hydrogen) atoms. The van der Waals surface area contributed by atoms with Crippen LogP contribution in [-0.2, 0) is 10.2 Å². The maximum Gasteiger partial charge on any atom is 0.322 e. The van der Waals surface area contributed by atoms with Crippen LogP contribution in [0.3, 0.4) is 0 Å². The van der Waals surface area contributed by atoms with Crippen molar-refractivity contribution in [2.75, 3.05) is 23.7 Å². The van der Waals surface area contributed by atoms with Gasteiger partial charge in [0.15, 0.2) is 0 Å². The van der Waals surface area contributed by atoms with Gasteiger partial charge < -0.3 is 15.5 Å². The number of para-hydroxylation sites is 1. The third kappa shape index (κ3) is 5.97. The van der Waals surface area contributed by atoms with Crippen molar-refractivity contribution in [3.8, 4) is 5.69 Å². The summed E-state index contributed by atoms with van der Waals surface area (Å²) in [5.41, 5.74) is 4.05. The average molecular weight is 482 g/mol. The summed E-state index contributed by atoms with van der Waals surface area (Å²) in [6, 6.07) is 14.6. The van der Waals surface area contributed by atoms with Gasteiger partial charge in [0.1, 0.15) is 12.4 Å². The van der Waals surface area contributed by atoms with Crippen LogP contribution in [0.5, 0.6) is 0 Å². The molecule has 0 aliphatic carbocycles. The summed E-state index contributed by atoms with van der Waals surface area (Å²) in [5, 5.41) is 11.0. The van der Waals surface area contributed by atoms with Crippen LogP contribution >= 0.6 is 11.6 Å². The molecule has 3 amide bonds. The monoisotopic (exact) mass is 481 g/mol. The summed E-state index contributed by atoms with van der Waals surface area (Å²) in [4.78, 5) is 27.3. The molecule has 0 bridgehead atoms. The van der Waals surface area contributed by atoms with Crippen LogP contribution < -0.4 is 10.6 Å². The number of anilines is 2. The lowest BCUT2D eigenvalue weighted by Gasteiger charge is -2.21. The molecule has 0 aliphatic rings. The number of aryl methyl sites for hydroxylation is 2. The van der Waals surface area contributed by atoms with Gasteiger partial charge in [-0.15, -0.1) is 0 Å². The number of carbonyl (C=O) groups is 2. The summed E-state index contributed by atoms with van der Waals surface area (Å²) in [7, 11) is 0. The van der Waals surface area contributed by atoms with Gasteiger partial charge in [-0.25, -0.2) is 9.48 Å². The molecule has 0 aliphatic heterocycles. The van der Waals surface area contributed by atoms with Crippen LogP contribution in [0.1, 0.15) is 44.5 Å². The van der Waals surface area contributed by atoms with Crippen LogP contribution in [-0.4, -0.2) is 39.7 Å². The highest BCUT2D eigenvalue weighted by Crippen LogP contribution is 2.29. The highest BCUT2D eigenvalue weighted by molar-refractivity contribution is 6.32. The first-order valence-corrected chi connectivity index (χ1v) is 11.7. The molecule has 0 radical (unpaired) electrons. The SMILES string of the molecule is CCN(CC(=O)Nc1cc(C(C)(C)C)nn1-c1ccccc1Cl)C(=O)Nc1ccc(C)cc1C. The van der Waals surface area contributed by atoms with Crippen molar-refractivity contribution < 1.29 is 9.59 Å². The molecule has 7 nitrogen and oxygen atoms in total. The Balaban J connectivity index is 1.79. The Morgan fingerprint density at radius 3 is 2.38 bits per heavy atom. The van der Waals surface area contributed by atoms with E-state index in [1.807, 2.05) is 84.0 Å². The van der Waals surface area contributed by atoms with Crippen molar-refractivity contribution in [3.63, 3.8) is 0 Å². The van der Waals surface area contributed by atoms with E-state index in [2.05, 4.69) is 10.6 Å². The zero-order valence-electron chi connectivity index (χ0n) is 20.6. The second-order valence-corrected chi connectivity index (χ2v) is 9.75. The molecule has 0 spiro atoms. The molecule has 8 heteroatoms. The molecule has 0 saturated carbocycles. The molecule has 3 aromatic rings. The van der Waals surface area contributed by atoms with Gasteiger partial charge in [0.25, 0.3) is 0 Å². The van der Waals surface area contributed by atoms with Crippen LogP contribution in [0.4, 0.5) is 16.3 Å². The molecular weight excluding hydrogens is 450 g/mol. The third-order valence-electron chi connectivity index (χ3n) is 5.45. The van der Waals surface area contributed by atoms with E-state index < -0.39 is 0 Å². The van der Waals surface area contributed by atoms with E-state index in [4.69, 9.17) is 16.7 Å². The number of carbonyl (C=O) groups excluding carboxylic acids is 2. The average Bonchev–Trinajstić information content (AvgIpc) is 3.18. The predicted molar refractivity (Wildman–Crippen MR) is 138 cm³/mol. The van der Waals surface area contributed by atoms with E-state index in [0.717, 1.165) is 22.5 Å². The molecule has 0 fully saturated rings. The largest absolute Gasteiger partial charge is 0.322 e. The van der Waals surface area contributed by atoms with E-state index in [0.29, 0.717) is 23.1 Å². The number of amides is 3. The van der Waals surface area contributed by atoms with Crippen molar-refractivity contribution in [1.82, 2.24) is 14.7 Å². The fraction of sp³-hybridized carbons (Fsp3) is 0.346. The van der Waals surface area contributed by atoms with E-state index in [1.165, 1.54) is 4.90 Å². The second kappa shape index (κ2) is 10.3. The van der Waals surface area contributed by atoms with Crippen molar-refractivity contribution in [2.24, 2.45) is 0 Å². The zero-order chi connectivity index (χ0) is 25.0. The van der Waals surface area contributed by atoms with E-state index in [9.17, 15) is 9.59 Å². The number of nitrogens with one attached hydrogen (secondary N) is 2. The summed E-state index contributed by atoms with van der Waals surface area (Å²) < 4.78 is 1.63. The van der Waals surface area contributed by atoms with Crippen molar-refractivity contribution in [1.29, 1.82) is 0 Å². The van der Waals surface area contributed by atoms with Crippen molar-refractivity contribution >= 4 is 35.0 Å². The van der Waals surface area contributed by atoms with E-state index >= 15 is 0 Å². The number of rotatable bonds is 6. The third-order valence-corrected chi connectivity index (χ3v) is 5.77. The number of likely N-dealkylation sites (N-methyl/N-ethyl adjacent to an activating group) is 1. The summed E-state index contributed by atoms with van der Waals surface area (Å²) in [6.07, 6.45) is 0. The lowest BCUT2D eigenvalue weighted by Crippen LogP contribution is -2.40. The van der Waals surface area contributed by atoms with Gasteiger partial charge in [0.05, 0.1) is 16.4 Å². The molecular formula is C26H32ClN5O2. The first-order valence-electron chi connectivity index (χ1n) is 11.3. The Bertz CT molecular complexity index is 1200. The van der Waals surface area contributed by atoms with Gasteiger partial charge in [-0.3, -0.25) is 4.79 Å². The molecule has 2 N–H and O–H groups in total. The zero-order valence-corrected chi connectivity index (χ0v) is 21.3. The maximum atomic E-state index is 13.0. The number of urea groups is 1. The Morgan fingerprint density at radius 2 is 1.76 bits per heavy atom. The number of benzene rings is 2. The topological polar surface area (TPSA) is 79.3 Å². The smallest absolute Gasteiger partial charge is 0.315 e. The second-order valence-electron chi connectivity index (χ2n) is 9.34. The highest BCUT2D eigenvalue weighted by Gasteiger charge is 2.23. The number of nitrogens with zero attached hydrogens (tertiary/aromatic N) is 3. The van der Waals surface area contributed by atoms with Gasteiger partial charge in [-0.2, -0.15) is 5.10 Å². The van der Waals surface area contributed by atoms with E-state index in [-0.39, 0.29) is 23.9 Å². The van der Waals surface area contributed by atoms with Crippen LogP contribution in [0.15, 0.2) is 48.5 Å². The molecule has 0 atom stereocenters. The minimum Gasteiger partial charge on any atom is -0.315 e.